The van der Waals surface area contributed by atoms with E-state index in [1.807, 2.05) is 29.3 Å². The Morgan fingerprint density at radius 2 is 2.50 bits per heavy atom. The van der Waals surface area contributed by atoms with Crippen LogP contribution in [0.5, 0.6) is 0 Å². The number of carbonyl (C=O) groups excluding carboxylic acids is 1. The summed E-state index contributed by atoms with van der Waals surface area (Å²) >= 11 is 1.55. The number of rotatable bonds is 3. The molecule has 1 N–H and O–H groups in total. The second-order valence-electron chi connectivity index (χ2n) is 5.53. The van der Waals surface area contributed by atoms with Crippen LogP contribution in [-0.4, -0.2) is 34.1 Å². The Kier molecular flexibility index (Phi) is 3.87. The average molecular weight is 289 g/mol. The molecule has 0 unspecified atom stereocenters. The summed E-state index contributed by atoms with van der Waals surface area (Å²) in [7, 11) is 0. The molecule has 1 aliphatic heterocycles. The van der Waals surface area contributed by atoms with Gasteiger partial charge in [-0.15, -0.1) is 11.3 Å². The van der Waals surface area contributed by atoms with Crippen molar-refractivity contribution >= 4 is 17.2 Å². The zero-order valence-electron chi connectivity index (χ0n) is 11.6. The minimum atomic E-state index is 0.192. The zero-order valence-corrected chi connectivity index (χ0v) is 12.4. The van der Waals surface area contributed by atoms with E-state index in [4.69, 9.17) is 0 Å². The van der Waals surface area contributed by atoms with Gasteiger partial charge in [0.2, 0.25) is 0 Å². The quantitative estimate of drug-likeness (QED) is 0.944. The predicted molar refractivity (Wildman–Crippen MR) is 80.0 cm³/mol. The Hall–Kier alpha value is -1.62. The van der Waals surface area contributed by atoms with Crippen molar-refractivity contribution in [2.24, 2.45) is 5.92 Å². The van der Waals surface area contributed by atoms with Gasteiger partial charge in [0.15, 0.2) is 0 Å². The molecule has 1 saturated heterocycles. The van der Waals surface area contributed by atoms with Crippen LogP contribution in [0.4, 0.5) is 0 Å². The SMILES string of the molecule is Cc1csc(C(=O)N2CCC[C@@H](Cc3ccn[nH]3)C2)c1. The molecule has 2 aromatic rings. The fourth-order valence-electron chi connectivity index (χ4n) is 2.82. The van der Waals surface area contributed by atoms with E-state index < -0.39 is 0 Å². The molecule has 106 valence electrons. The number of hydrogen-bond acceptors (Lipinski definition) is 3. The molecule has 0 aliphatic carbocycles. The lowest BCUT2D eigenvalue weighted by atomic mass is 9.93. The molecule has 20 heavy (non-hydrogen) atoms. The number of amides is 1. The van der Waals surface area contributed by atoms with Gasteiger partial charge in [0.05, 0.1) is 4.88 Å². The summed E-state index contributed by atoms with van der Waals surface area (Å²) in [4.78, 5) is 15.4. The lowest BCUT2D eigenvalue weighted by molar-refractivity contribution is 0.0677. The van der Waals surface area contributed by atoms with E-state index in [-0.39, 0.29) is 5.91 Å². The summed E-state index contributed by atoms with van der Waals surface area (Å²) in [6, 6.07) is 4.01. The van der Waals surface area contributed by atoms with Crippen LogP contribution in [0.15, 0.2) is 23.7 Å². The highest BCUT2D eigenvalue weighted by molar-refractivity contribution is 7.12. The predicted octanol–water partition coefficient (Wildman–Crippen LogP) is 2.87. The van der Waals surface area contributed by atoms with E-state index in [2.05, 4.69) is 10.2 Å². The van der Waals surface area contributed by atoms with Gasteiger partial charge in [-0.25, -0.2) is 0 Å². The third-order valence-corrected chi connectivity index (χ3v) is 4.85. The number of likely N-dealkylation sites (tertiary alicyclic amines) is 1. The Morgan fingerprint density at radius 1 is 1.60 bits per heavy atom. The van der Waals surface area contributed by atoms with Crippen LogP contribution in [-0.2, 0) is 6.42 Å². The molecule has 5 heteroatoms. The number of aromatic amines is 1. The highest BCUT2D eigenvalue weighted by Gasteiger charge is 2.25. The van der Waals surface area contributed by atoms with Gasteiger partial charge in [-0.2, -0.15) is 5.10 Å². The van der Waals surface area contributed by atoms with E-state index in [1.165, 1.54) is 12.0 Å². The van der Waals surface area contributed by atoms with Gasteiger partial charge < -0.3 is 4.90 Å². The number of H-pyrrole nitrogens is 1. The molecule has 1 aliphatic rings. The first kappa shape index (κ1) is 13.4. The summed E-state index contributed by atoms with van der Waals surface area (Å²) in [5.41, 5.74) is 2.33. The summed E-state index contributed by atoms with van der Waals surface area (Å²) in [6.45, 7) is 3.77. The van der Waals surface area contributed by atoms with Crippen LogP contribution in [0.1, 0.15) is 33.8 Å². The fraction of sp³-hybridized carbons (Fsp3) is 0.467. The van der Waals surface area contributed by atoms with E-state index in [0.717, 1.165) is 36.5 Å². The van der Waals surface area contributed by atoms with Crippen LogP contribution in [0.3, 0.4) is 0 Å². The van der Waals surface area contributed by atoms with Crippen LogP contribution >= 0.6 is 11.3 Å². The highest BCUT2D eigenvalue weighted by atomic mass is 32.1. The molecule has 0 spiro atoms. The standard InChI is InChI=1S/C15H19N3OS/c1-11-7-14(20-10-11)15(19)18-6-2-3-12(9-18)8-13-4-5-16-17-13/h4-5,7,10,12H,2-3,6,8-9H2,1H3,(H,16,17)/t12-/m0/s1. The first-order valence-electron chi connectivity index (χ1n) is 7.05. The smallest absolute Gasteiger partial charge is 0.263 e. The van der Waals surface area contributed by atoms with Crippen molar-refractivity contribution in [3.8, 4) is 0 Å². The molecule has 0 aromatic carbocycles. The maximum Gasteiger partial charge on any atom is 0.263 e. The van der Waals surface area contributed by atoms with Crippen molar-refractivity contribution in [3.63, 3.8) is 0 Å². The number of carbonyl (C=O) groups is 1. The minimum Gasteiger partial charge on any atom is -0.338 e. The summed E-state index contributed by atoms with van der Waals surface area (Å²) in [5, 5.41) is 9.04. The lowest BCUT2D eigenvalue weighted by Gasteiger charge is -2.32. The van der Waals surface area contributed by atoms with Crippen LogP contribution in [0.2, 0.25) is 0 Å². The fourth-order valence-corrected chi connectivity index (χ4v) is 3.69. The van der Waals surface area contributed by atoms with Crippen LogP contribution < -0.4 is 0 Å². The number of thiophene rings is 1. The third-order valence-electron chi connectivity index (χ3n) is 3.81. The number of hydrogen-bond donors (Lipinski definition) is 1. The molecular formula is C15H19N3OS. The van der Waals surface area contributed by atoms with Crippen molar-refractivity contribution in [1.29, 1.82) is 0 Å². The Bertz CT molecular complexity index is 576. The maximum atomic E-state index is 12.5. The monoisotopic (exact) mass is 289 g/mol. The largest absolute Gasteiger partial charge is 0.338 e. The van der Waals surface area contributed by atoms with Gasteiger partial charge in [-0.3, -0.25) is 9.89 Å². The van der Waals surface area contributed by atoms with E-state index in [9.17, 15) is 4.79 Å². The van der Waals surface area contributed by atoms with Crippen molar-refractivity contribution in [2.45, 2.75) is 26.2 Å². The van der Waals surface area contributed by atoms with E-state index in [1.54, 1.807) is 17.5 Å². The second kappa shape index (κ2) is 5.79. The molecule has 0 bridgehead atoms. The van der Waals surface area contributed by atoms with Crippen molar-refractivity contribution in [1.82, 2.24) is 15.1 Å². The van der Waals surface area contributed by atoms with E-state index >= 15 is 0 Å². The number of aryl methyl sites for hydroxylation is 1. The molecule has 1 amide bonds. The molecule has 1 atom stereocenters. The molecular weight excluding hydrogens is 270 g/mol. The number of nitrogens with one attached hydrogen (secondary N) is 1. The van der Waals surface area contributed by atoms with Gasteiger partial charge in [0.25, 0.3) is 5.91 Å². The summed E-state index contributed by atoms with van der Waals surface area (Å²) in [6.07, 6.45) is 5.05. The van der Waals surface area contributed by atoms with Gasteiger partial charge >= 0.3 is 0 Å². The highest BCUT2D eigenvalue weighted by Crippen LogP contribution is 2.23. The molecule has 1 fully saturated rings. The first-order valence-corrected chi connectivity index (χ1v) is 7.93. The Labute approximate surface area is 122 Å². The minimum absolute atomic E-state index is 0.192. The van der Waals surface area contributed by atoms with Gasteiger partial charge in [-0.05, 0) is 55.2 Å². The zero-order chi connectivity index (χ0) is 13.9. The summed E-state index contributed by atoms with van der Waals surface area (Å²) in [5.74, 6) is 0.728. The topological polar surface area (TPSA) is 49.0 Å². The Balaban J connectivity index is 1.64. The molecule has 2 aromatic heterocycles. The summed E-state index contributed by atoms with van der Waals surface area (Å²) < 4.78 is 0. The number of piperidine rings is 1. The molecule has 0 saturated carbocycles. The molecule has 3 heterocycles. The van der Waals surface area contributed by atoms with Crippen molar-refractivity contribution in [3.05, 3.63) is 39.8 Å². The van der Waals surface area contributed by atoms with Crippen molar-refractivity contribution in [2.75, 3.05) is 13.1 Å². The third kappa shape index (κ3) is 2.93. The average Bonchev–Trinajstić information content (AvgIpc) is 3.10. The molecule has 3 rings (SSSR count). The van der Waals surface area contributed by atoms with Crippen LogP contribution in [0, 0.1) is 12.8 Å². The Morgan fingerprint density at radius 3 is 3.20 bits per heavy atom. The maximum absolute atomic E-state index is 12.5. The van der Waals surface area contributed by atoms with E-state index in [0.29, 0.717) is 5.92 Å². The molecule has 4 nitrogen and oxygen atoms in total. The number of aromatic nitrogens is 2. The normalized spacial score (nSPS) is 19.2. The number of nitrogens with zero attached hydrogens (tertiary/aromatic N) is 2. The lowest BCUT2D eigenvalue weighted by Crippen LogP contribution is -2.40. The first-order chi connectivity index (χ1) is 9.72. The van der Waals surface area contributed by atoms with Crippen LogP contribution in [0.25, 0.3) is 0 Å². The second-order valence-corrected chi connectivity index (χ2v) is 6.44. The van der Waals surface area contributed by atoms with Gasteiger partial charge in [0.1, 0.15) is 0 Å². The molecule has 0 radical (unpaired) electrons. The van der Waals surface area contributed by atoms with Gasteiger partial charge in [-0.1, -0.05) is 0 Å². The van der Waals surface area contributed by atoms with Crippen molar-refractivity contribution < 1.29 is 4.79 Å². The van der Waals surface area contributed by atoms with Gasteiger partial charge in [0, 0.05) is 25.0 Å².